The molecule has 0 aromatic heterocycles. The average Bonchev–Trinajstić information content (AvgIpc) is 2.39. The summed E-state index contributed by atoms with van der Waals surface area (Å²) in [5, 5.41) is 19.9. The Bertz CT molecular complexity index is 407. The van der Waals surface area contributed by atoms with Crippen molar-refractivity contribution in [3.63, 3.8) is 0 Å². The Kier molecular flexibility index (Phi) is 6.38. The Morgan fingerprint density at radius 3 is 2.58 bits per heavy atom. The molecule has 3 N–H and O–H groups in total. The fourth-order valence-electron chi connectivity index (χ4n) is 1.34. The van der Waals surface area contributed by atoms with Gasteiger partial charge in [0.05, 0.1) is 13.0 Å². The van der Waals surface area contributed by atoms with Crippen LogP contribution in [-0.2, 0) is 9.59 Å². The summed E-state index contributed by atoms with van der Waals surface area (Å²) in [5.74, 6) is -0.841. The number of aliphatic hydroxyl groups is 1. The first-order chi connectivity index (χ1) is 9.09. The minimum Gasteiger partial charge on any atom is -0.493 e. The molecule has 19 heavy (non-hydrogen) atoms. The number of benzene rings is 1. The van der Waals surface area contributed by atoms with Crippen LogP contribution in [0.25, 0.3) is 0 Å². The first-order valence-corrected chi connectivity index (χ1v) is 5.95. The van der Waals surface area contributed by atoms with E-state index in [0.29, 0.717) is 5.75 Å². The Hall–Kier alpha value is -2.08. The van der Waals surface area contributed by atoms with Crippen LogP contribution in [0.3, 0.4) is 0 Å². The lowest BCUT2D eigenvalue weighted by Gasteiger charge is -2.08. The van der Waals surface area contributed by atoms with Gasteiger partial charge in [-0.1, -0.05) is 18.2 Å². The summed E-state index contributed by atoms with van der Waals surface area (Å²) in [6, 6.07) is 9.13. The normalized spacial score (nSPS) is 11.6. The van der Waals surface area contributed by atoms with E-state index in [-0.39, 0.29) is 31.9 Å². The molecule has 1 aromatic rings. The van der Waals surface area contributed by atoms with Gasteiger partial charge in [-0.05, 0) is 12.1 Å². The van der Waals surface area contributed by atoms with E-state index in [2.05, 4.69) is 5.32 Å². The largest absolute Gasteiger partial charge is 0.493 e. The Balaban J connectivity index is 2.10. The van der Waals surface area contributed by atoms with E-state index in [1.165, 1.54) is 0 Å². The monoisotopic (exact) mass is 267 g/mol. The summed E-state index contributed by atoms with van der Waals surface area (Å²) < 4.78 is 5.34. The molecule has 104 valence electrons. The van der Waals surface area contributed by atoms with Crippen molar-refractivity contribution in [1.82, 2.24) is 5.32 Å². The number of hydrogen-bond donors (Lipinski definition) is 3. The lowest BCUT2D eigenvalue weighted by atomic mass is 10.2. The summed E-state index contributed by atoms with van der Waals surface area (Å²) >= 11 is 0. The van der Waals surface area contributed by atoms with E-state index < -0.39 is 12.1 Å². The molecule has 1 rings (SSSR count). The lowest BCUT2D eigenvalue weighted by Crippen LogP contribution is -2.30. The maximum absolute atomic E-state index is 11.4. The maximum Gasteiger partial charge on any atom is 0.332 e. The molecular weight excluding hydrogens is 250 g/mol. The number of carboxylic acid groups (broad SMARTS) is 1. The average molecular weight is 267 g/mol. The van der Waals surface area contributed by atoms with Crippen molar-refractivity contribution in [3.8, 4) is 5.75 Å². The van der Waals surface area contributed by atoms with Crippen LogP contribution in [0.4, 0.5) is 0 Å². The van der Waals surface area contributed by atoms with Gasteiger partial charge in [0.1, 0.15) is 5.75 Å². The zero-order chi connectivity index (χ0) is 14.1. The molecule has 6 nitrogen and oxygen atoms in total. The minimum absolute atomic E-state index is 0.0133. The van der Waals surface area contributed by atoms with Gasteiger partial charge in [0, 0.05) is 13.0 Å². The number of nitrogens with one attached hydrogen (secondary N) is 1. The van der Waals surface area contributed by atoms with Gasteiger partial charge < -0.3 is 20.3 Å². The second-order valence-electron chi connectivity index (χ2n) is 3.90. The van der Waals surface area contributed by atoms with E-state index in [9.17, 15) is 9.59 Å². The molecular formula is C13H17NO5. The smallest absolute Gasteiger partial charge is 0.332 e. The molecule has 0 spiro atoms. The molecule has 0 aliphatic rings. The molecule has 1 atom stereocenters. The summed E-state index contributed by atoms with van der Waals surface area (Å²) in [5.41, 5.74) is 0. The van der Waals surface area contributed by atoms with Gasteiger partial charge in [-0.3, -0.25) is 4.79 Å². The predicted octanol–water partition coefficient (Wildman–Crippen LogP) is 0.407. The number of aliphatic hydroxyl groups excluding tert-OH is 1. The molecule has 0 radical (unpaired) electrons. The van der Waals surface area contributed by atoms with Crippen molar-refractivity contribution in [3.05, 3.63) is 30.3 Å². The van der Waals surface area contributed by atoms with Gasteiger partial charge in [0.2, 0.25) is 5.91 Å². The van der Waals surface area contributed by atoms with Crippen LogP contribution in [0.15, 0.2) is 30.3 Å². The molecule has 1 amide bonds. The summed E-state index contributed by atoms with van der Waals surface area (Å²) in [4.78, 5) is 21.7. The van der Waals surface area contributed by atoms with E-state index in [0.717, 1.165) is 0 Å². The molecule has 0 saturated heterocycles. The molecule has 1 aromatic carbocycles. The standard InChI is InChI=1S/C13H17NO5/c15-11(13(17)18)6-8-14-12(16)7-9-19-10-4-2-1-3-5-10/h1-5,11,15H,6-9H2,(H,14,16)(H,17,18)/t11-/m0/s1. The molecule has 0 aliphatic carbocycles. The SMILES string of the molecule is O=C(CCOc1ccccc1)NCC[C@H](O)C(=O)O. The number of rotatable bonds is 8. The Morgan fingerprint density at radius 2 is 1.95 bits per heavy atom. The van der Waals surface area contributed by atoms with Crippen molar-refractivity contribution in [2.45, 2.75) is 18.9 Å². The number of ether oxygens (including phenoxy) is 1. The third-order valence-corrected chi connectivity index (χ3v) is 2.37. The summed E-state index contributed by atoms with van der Waals surface area (Å²) in [6.07, 6.45) is -1.28. The highest BCUT2D eigenvalue weighted by molar-refractivity contribution is 5.76. The highest BCUT2D eigenvalue weighted by Gasteiger charge is 2.12. The quantitative estimate of drug-likeness (QED) is 0.634. The fourth-order valence-corrected chi connectivity index (χ4v) is 1.34. The van der Waals surface area contributed by atoms with Crippen molar-refractivity contribution in [1.29, 1.82) is 0 Å². The van der Waals surface area contributed by atoms with Crippen molar-refractivity contribution < 1.29 is 24.5 Å². The maximum atomic E-state index is 11.4. The summed E-state index contributed by atoms with van der Waals surface area (Å²) in [7, 11) is 0. The van der Waals surface area contributed by atoms with Gasteiger partial charge in [0.15, 0.2) is 6.10 Å². The van der Waals surface area contributed by atoms with Crippen LogP contribution in [0.2, 0.25) is 0 Å². The van der Waals surface area contributed by atoms with Crippen molar-refractivity contribution in [2.24, 2.45) is 0 Å². The van der Waals surface area contributed by atoms with E-state index in [1.54, 1.807) is 12.1 Å². The number of carbonyl (C=O) groups excluding carboxylic acids is 1. The Labute approximate surface area is 111 Å². The van der Waals surface area contributed by atoms with Gasteiger partial charge in [-0.2, -0.15) is 0 Å². The minimum atomic E-state index is -1.44. The number of para-hydroxylation sites is 1. The highest BCUT2D eigenvalue weighted by Crippen LogP contribution is 2.08. The topological polar surface area (TPSA) is 95.9 Å². The van der Waals surface area contributed by atoms with Crippen molar-refractivity contribution >= 4 is 11.9 Å². The first-order valence-electron chi connectivity index (χ1n) is 5.95. The van der Waals surface area contributed by atoms with Crippen molar-refractivity contribution in [2.75, 3.05) is 13.2 Å². The number of amides is 1. The molecule has 0 bridgehead atoms. The first kappa shape index (κ1) is 15.0. The highest BCUT2D eigenvalue weighted by atomic mass is 16.5. The molecule has 0 saturated carbocycles. The zero-order valence-corrected chi connectivity index (χ0v) is 10.4. The Morgan fingerprint density at radius 1 is 1.26 bits per heavy atom. The zero-order valence-electron chi connectivity index (χ0n) is 10.4. The van der Waals surface area contributed by atoms with Crippen LogP contribution in [0, 0.1) is 0 Å². The van der Waals surface area contributed by atoms with Crippen LogP contribution >= 0.6 is 0 Å². The number of aliphatic carboxylic acids is 1. The third-order valence-electron chi connectivity index (χ3n) is 2.37. The molecule has 0 fully saturated rings. The molecule has 6 heteroatoms. The van der Waals surface area contributed by atoms with Gasteiger partial charge >= 0.3 is 5.97 Å². The molecule has 0 aliphatic heterocycles. The number of carboxylic acids is 1. The third kappa shape index (κ3) is 6.42. The van der Waals surface area contributed by atoms with E-state index in [1.807, 2.05) is 18.2 Å². The van der Waals surface area contributed by atoms with Crippen LogP contribution in [0.5, 0.6) is 5.75 Å². The second-order valence-corrected chi connectivity index (χ2v) is 3.90. The predicted molar refractivity (Wildman–Crippen MR) is 67.8 cm³/mol. The van der Waals surface area contributed by atoms with Crippen LogP contribution in [0.1, 0.15) is 12.8 Å². The number of hydrogen-bond acceptors (Lipinski definition) is 4. The van der Waals surface area contributed by atoms with Crippen LogP contribution < -0.4 is 10.1 Å². The van der Waals surface area contributed by atoms with Gasteiger partial charge in [-0.25, -0.2) is 4.79 Å². The van der Waals surface area contributed by atoms with Gasteiger partial charge in [0.25, 0.3) is 0 Å². The molecule has 0 heterocycles. The lowest BCUT2D eigenvalue weighted by molar-refractivity contribution is -0.147. The number of carbonyl (C=O) groups is 2. The molecule has 0 unspecified atom stereocenters. The van der Waals surface area contributed by atoms with E-state index >= 15 is 0 Å². The summed E-state index contributed by atoms with van der Waals surface area (Å²) in [6.45, 7) is 0.370. The van der Waals surface area contributed by atoms with Crippen LogP contribution in [-0.4, -0.2) is 41.3 Å². The van der Waals surface area contributed by atoms with E-state index in [4.69, 9.17) is 14.9 Å². The second kappa shape index (κ2) is 8.10. The fraction of sp³-hybridized carbons (Fsp3) is 0.385. The van der Waals surface area contributed by atoms with Gasteiger partial charge in [-0.15, -0.1) is 0 Å².